The van der Waals surface area contributed by atoms with Gasteiger partial charge < -0.3 is 11.1 Å². The van der Waals surface area contributed by atoms with E-state index in [9.17, 15) is 4.79 Å². The Hall–Kier alpha value is -2.02. The third-order valence-electron chi connectivity index (χ3n) is 3.90. The summed E-state index contributed by atoms with van der Waals surface area (Å²) in [6.45, 7) is 0. The van der Waals surface area contributed by atoms with Crippen LogP contribution in [0.5, 0.6) is 0 Å². The molecular weight excluding hydrogens is 250 g/mol. The number of nitriles is 1. The van der Waals surface area contributed by atoms with Crippen molar-refractivity contribution in [2.24, 2.45) is 5.92 Å². The van der Waals surface area contributed by atoms with Gasteiger partial charge in [0.1, 0.15) is 6.07 Å². The summed E-state index contributed by atoms with van der Waals surface area (Å²) in [5.41, 5.74) is 7.17. The first-order valence-electron chi connectivity index (χ1n) is 7.31. The highest BCUT2D eigenvalue weighted by Gasteiger charge is 2.20. The van der Waals surface area contributed by atoms with Crippen molar-refractivity contribution < 1.29 is 4.79 Å². The number of rotatable bonds is 2. The number of anilines is 2. The van der Waals surface area contributed by atoms with Gasteiger partial charge in [-0.2, -0.15) is 5.26 Å². The first-order chi connectivity index (χ1) is 9.70. The molecule has 0 aromatic heterocycles. The molecule has 1 fully saturated rings. The molecule has 3 N–H and O–H groups in total. The molecular formula is C16H21N3O. The molecule has 106 valence electrons. The molecule has 0 heterocycles. The lowest BCUT2D eigenvalue weighted by Crippen LogP contribution is -2.24. The predicted molar refractivity (Wildman–Crippen MR) is 80.0 cm³/mol. The lowest BCUT2D eigenvalue weighted by atomic mass is 9.90. The quantitative estimate of drug-likeness (QED) is 0.809. The molecule has 1 saturated carbocycles. The Labute approximate surface area is 120 Å². The monoisotopic (exact) mass is 271 g/mol. The van der Waals surface area contributed by atoms with Gasteiger partial charge in [0, 0.05) is 11.6 Å². The van der Waals surface area contributed by atoms with Crippen molar-refractivity contribution in [2.75, 3.05) is 11.1 Å². The van der Waals surface area contributed by atoms with E-state index < -0.39 is 0 Å². The highest BCUT2D eigenvalue weighted by Crippen LogP contribution is 2.25. The van der Waals surface area contributed by atoms with Crippen LogP contribution in [0.4, 0.5) is 11.4 Å². The molecule has 1 aliphatic carbocycles. The minimum atomic E-state index is 0.0353. The average molecular weight is 271 g/mol. The zero-order chi connectivity index (χ0) is 14.4. The first-order valence-corrected chi connectivity index (χ1v) is 7.31. The van der Waals surface area contributed by atoms with Gasteiger partial charge in [-0.15, -0.1) is 0 Å². The van der Waals surface area contributed by atoms with Crippen LogP contribution in [0.15, 0.2) is 18.2 Å². The Balaban J connectivity index is 2.05. The second-order valence-electron chi connectivity index (χ2n) is 5.45. The molecule has 1 amide bonds. The molecule has 0 unspecified atom stereocenters. The third kappa shape index (κ3) is 3.74. The van der Waals surface area contributed by atoms with Crippen LogP contribution in [0, 0.1) is 17.2 Å². The normalized spacial score (nSPS) is 16.8. The second-order valence-corrected chi connectivity index (χ2v) is 5.45. The Bertz CT molecular complexity index is 511. The lowest BCUT2D eigenvalue weighted by Gasteiger charge is -2.19. The Morgan fingerprint density at radius 1 is 1.20 bits per heavy atom. The minimum absolute atomic E-state index is 0.0353. The van der Waals surface area contributed by atoms with Crippen molar-refractivity contribution in [3.05, 3.63) is 23.8 Å². The SMILES string of the molecule is N#Cc1cc(N)ccc1NC(=O)C1CCCCCCC1. The van der Waals surface area contributed by atoms with Gasteiger partial charge in [-0.1, -0.05) is 32.1 Å². The summed E-state index contributed by atoms with van der Waals surface area (Å²) in [6.07, 6.45) is 7.84. The maximum absolute atomic E-state index is 12.3. The minimum Gasteiger partial charge on any atom is -0.399 e. The fraction of sp³-hybridized carbons (Fsp3) is 0.500. The van der Waals surface area contributed by atoms with Crippen LogP contribution in [-0.4, -0.2) is 5.91 Å². The van der Waals surface area contributed by atoms with Gasteiger partial charge in [0.05, 0.1) is 11.3 Å². The van der Waals surface area contributed by atoms with E-state index in [4.69, 9.17) is 11.0 Å². The van der Waals surface area contributed by atoms with E-state index in [0.717, 1.165) is 25.7 Å². The Morgan fingerprint density at radius 2 is 1.85 bits per heavy atom. The average Bonchev–Trinajstić information content (AvgIpc) is 2.40. The van der Waals surface area contributed by atoms with E-state index in [1.54, 1.807) is 18.2 Å². The van der Waals surface area contributed by atoms with Gasteiger partial charge in [-0.25, -0.2) is 0 Å². The van der Waals surface area contributed by atoms with Crippen molar-refractivity contribution in [2.45, 2.75) is 44.9 Å². The summed E-state index contributed by atoms with van der Waals surface area (Å²) in [4.78, 5) is 12.3. The molecule has 4 heteroatoms. The van der Waals surface area contributed by atoms with Gasteiger partial charge in [-0.05, 0) is 31.0 Å². The summed E-state index contributed by atoms with van der Waals surface area (Å²) in [6, 6.07) is 7.07. The molecule has 4 nitrogen and oxygen atoms in total. The molecule has 1 aliphatic rings. The fourth-order valence-electron chi connectivity index (χ4n) is 2.72. The number of nitrogens with two attached hydrogens (primary N) is 1. The number of nitrogens with one attached hydrogen (secondary N) is 1. The van der Waals surface area contributed by atoms with Crippen LogP contribution in [0.2, 0.25) is 0 Å². The molecule has 0 saturated heterocycles. The van der Waals surface area contributed by atoms with Gasteiger partial charge in [0.2, 0.25) is 5.91 Å². The molecule has 0 aliphatic heterocycles. The number of benzene rings is 1. The largest absolute Gasteiger partial charge is 0.399 e. The number of nitrogens with zero attached hydrogens (tertiary/aromatic N) is 1. The van der Waals surface area contributed by atoms with Crippen LogP contribution < -0.4 is 11.1 Å². The number of carbonyl (C=O) groups is 1. The summed E-state index contributed by atoms with van der Waals surface area (Å²) in [5.74, 6) is 0.104. The first kappa shape index (κ1) is 14.4. The molecule has 0 atom stereocenters. The summed E-state index contributed by atoms with van der Waals surface area (Å²) >= 11 is 0. The highest BCUT2D eigenvalue weighted by molar-refractivity contribution is 5.94. The zero-order valence-electron chi connectivity index (χ0n) is 11.7. The number of nitrogen functional groups attached to an aromatic ring is 1. The molecule has 0 spiro atoms. The molecule has 1 aromatic rings. The van der Waals surface area contributed by atoms with Crippen LogP contribution in [-0.2, 0) is 4.79 Å². The zero-order valence-corrected chi connectivity index (χ0v) is 11.7. The van der Waals surface area contributed by atoms with E-state index in [0.29, 0.717) is 16.9 Å². The van der Waals surface area contributed by atoms with Gasteiger partial charge in [0.25, 0.3) is 0 Å². The van der Waals surface area contributed by atoms with Gasteiger partial charge in [-0.3, -0.25) is 4.79 Å². The highest BCUT2D eigenvalue weighted by atomic mass is 16.1. The fourth-order valence-corrected chi connectivity index (χ4v) is 2.72. The van der Waals surface area contributed by atoms with E-state index in [2.05, 4.69) is 11.4 Å². The molecule has 0 bridgehead atoms. The van der Waals surface area contributed by atoms with E-state index in [1.807, 2.05) is 0 Å². The maximum Gasteiger partial charge on any atom is 0.227 e. The molecule has 1 aromatic carbocycles. The molecule has 2 rings (SSSR count). The van der Waals surface area contributed by atoms with E-state index >= 15 is 0 Å². The van der Waals surface area contributed by atoms with Crippen molar-refractivity contribution in [3.63, 3.8) is 0 Å². The summed E-state index contributed by atoms with van der Waals surface area (Å²) in [5, 5.41) is 12.0. The second kappa shape index (κ2) is 6.95. The number of hydrogen-bond acceptors (Lipinski definition) is 3. The Morgan fingerprint density at radius 3 is 2.50 bits per heavy atom. The summed E-state index contributed by atoms with van der Waals surface area (Å²) in [7, 11) is 0. The number of amides is 1. The number of hydrogen-bond donors (Lipinski definition) is 2. The van der Waals surface area contributed by atoms with Gasteiger partial charge >= 0.3 is 0 Å². The smallest absolute Gasteiger partial charge is 0.227 e. The van der Waals surface area contributed by atoms with Crippen molar-refractivity contribution in [1.82, 2.24) is 0 Å². The predicted octanol–water partition coefficient (Wildman–Crippen LogP) is 3.44. The van der Waals surface area contributed by atoms with Crippen molar-refractivity contribution in [1.29, 1.82) is 5.26 Å². The van der Waals surface area contributed by atoms with Crippen LogP contribution in [0.1, 0.15) is 50.5 Å². The molecule has 0 radical (unpaired) electrons. The van der Waals surface area contributed by atoms with Crippen LogP contribution in [0.25, 0.3) is 0 Å². The maximum atomic E-state index is 12.3. The Kier molecular flexibility index (Phi) is 5.00. The van der Waals surface area contributed by atoms with Crippen molar-refractivity contribution in [3.8, 4) is 6.07 Å². The third-order valence-corrected chi connectivity index (χ3v) is 3.90. The van der Waals surface area contributed by atoms with Gasteiger partial charge in [0.15, 0.2) is 0 Å². The standard InChI is InChI=1S/C16H21N3O/c17-11-13-10-14(18)8-9-15(13)19-16(20)12-6-4-2-1-3-5-7-12/h8-10,12H,1-7,18H2,(H,19,20). The number of carbonyl (C=O) groups excluding carboxylic acids is 1. The molecule has 20 heavy (non-hydrogen) atoms. The summed E-state index contributed by atoms with van der Waals surface area (Å²) < 4.78 is 0. The lowest BCUT2D eigenvalue weighted by molar-refractivity contribution is -0.120. The van der Waals surface area contributed by atoms with Crippen LogP contribution in [0.3, 0.4) is 0 Å². The topological polar surface area (TPSA) is 78.9 Å². The van der Waals surface area contributed by atoms with E-state index in [-0.39, 0.29) is 11.8 Å². The van der Waals surface area contributed by atoms with Crippen LogP contribution >= 0.6 is 0 Å². The van der Waals surface area contributed by atoms with Crippen molar-refractivity contribution >= 4 is 17.3 Å². The van der Waals surface area contributed by atoms with E-state index in [1.165, 1.54) is 19.3 Å².